The van der Waals surface area contributed by atoms with Crippen LogP contribution in [0.3, 0.4) is 0 Å². The summed E-state index contributed by atoms with van der Waals surface area (Å²) in [6.45, 7) is 6.10. The predicted octanol–water partition coefficient (Wildman–Crippen LogP) is 5.97. The van der Waals surface area contributed by atoms with E-state index in [0.29, 0.717) is 23.8 Å². The van der Waals surface area contributed by atoms with Gasteiger partial charge in [0.1, 0.15) is 18.2 Å². The second-order valence-corrected chi connectivity index (χ2v) is 8.86. The van der Waals surface area contributed by atoms with Crippen molar-refractivity contribution in [2.45, 2.75) is 26.8 Å². The van der Waals surface area contributed by atoms with Gasteiger partial charge in [0.25, 0.3) is 0 Å². The number of nitrogens with zero attached hydrogens (tertiary/aromatic N) is 1. The van der Waals surface area contributed by atoms with Gasteiger partial charge in [-0.25, -0.2) is 0 Å². The molecular formula is C27H24ClNO3. The molecule has 0 atom stereocenters. The van der Waals surface area contributed by atoms with Crippen LogP contribution < -0.4 is 9.47 Å². The van der Waals surface area contributed by atoms with Crippen LogP contribution >= 0.6 is 11.6 Å². The van der Waals surface area contributed by atoms with Crippen molar-refractivity contribution in [2.24, 2.45) is 0 Å². The maximum Gasteiger partial charge on any atom is 0.231 e. The van der Waals surface area contributed by atoms with E-state index < -0.39 is 0 Å². The van der Waals surface area contributed by atoms with Gasteiger partial charge in [0.2, 0.25) is 5.78 Å². The topological polar surface area (TPSA) is 38.8 Å². The number of allylic oxidation sites excluding steroid dienone is 1. The summed E-state index contributed by atoms with van der Waals surface area (Å²) in [7, 11) is 0. The Morgan fingerprint density at radius 2 is 1.88 bits per heavy atom. The van der Waals surface area contributed by atoms with Crippen LogP contribution in [0.25, 0.3) is 6.08 Å². The van der Waals surface area contributed by atoms with E-state index in [1.54, 1.807) is 0 Å². The number of carbonyl (C=O) groups excluding carboxylic acids is 1. The third-order valence-electron chi connectivity index (χ3n) is 5.97. The van der Waals surface area contributed by atoms with Crippen LogP contribution in [-0.4, -0.2) is 24.0 Å². The molecule has 2 aliphatic rings. The zero-order valence-electron chi connectivity index (χ0n) is 18.2. The Balaban J connectivity index is 1.36. The molecule has 0 aliphatic carbocycles. The highest BCUT2D eigenvalue weighted by molar-refractivity contribution is 6.30. The first-order chi connectivity index (χ1) is 15.5. The van der Waals surface area contributed by atoms with Gasteiger partial charge in [-0.1, -0.05) is 53.6 Å². The average Bonchev–Trinajstić information content (AvgIpc) is 3.09. The molecule has 4 nitrogen and oxygen atoms in total. The van der Waals surface area contributed by atoms with Crippen molar-refractivity contribution < 1.29 is 14.3 Å². The van der Waals surface area contributed by atoms with Crippen molar-refractivity contribution in [1.82, 2.24) is 4.90 Å². The maximum atomic E-state index is 13.1. The number of aryl methyl sites for hydroxylation is 1. The summed E-state index contributed by atoms with van der Waals surface area (Å²) in [6.07, 6.45) is 2.72. The van der Waals surface area contributed by atoms with Gasteiger partial charge >= 0.3 is 0 Å². The number of fused-ring (bicyclic) bond motifs is 2. The molecule has 32 heavy (non-hydrogen) atoms. The van der Waals surface area contributed by atoms with Gasteiger partial charge in [-0.3, -0.25) is 9.69 Å². The first-order valence-electron chi connectivity index (χ1n) is 10.7. The molecule has 3 aromatic carbocycles. The van der Waals surface area contributed by atoms with Crippen molar-refractivity contribution in [3.8, 4) is 11.5 Å². The molecule has 5 rings (SSSR count). The summed E-state index contributed by atoms with van der Waals surface area (Å²) in [5.74, 6) is 1.72. The lowest BCUT2D eigenvalue weighted by Gasteiger charge is -2.30. The van der Waals surface area contributed by atoms with E-state index in [9.17, 15) is 4.79 Å². The zero-order chi connectivity index (χ0) is 22.2. The summed E-state index contributed by atoms with van der Waals surface area (Å²) in [5, 5.41) is 0.746. The number of carbonyl (C=O) groups is 1. The van der Waals surface area contributed by atoms with Crippen LogP contribution in [0.15, 0.2) is 60.4 Å². The normalized spacial score (nSPS) is 16.5. The molecule has 0 radical (unpaired) electrons. The van der Waals surface area contributed by atoms with Gasteiger partial charge in [-0.2, -0.15) is 0 Å². The Bertz CT molecular complexity index is 1230. The van der Waals surface area contributed by atoms with E-state index >= 15 is 0 Å². The summed E-state index contributed by atoms with van der Waals surface area (Å²) in [5.41, 5.74) is 5.85. The fourth-order valence-electron chi connectivity index (χ4n) is 4.29. The van der Waals surface area contributed by atoms with E-state index in [-0.39, 0.29) is 5.78 Å². The fourth-order valence-corrected chi connectivity index (χ4v) is 4.42. The van der Waals surface area contributed by atoms with Crippen molar-refractivity contribution in [3.05, 3.63) is 98.8 Å². The quantitative estimate of drug-likeness (QED) is 0.464. The van der Waals surface area contributed by atoms with Crippen molar-refractivity contribution in [1.29, 1.82) is 0 Å². The van der Waals surface area contributed by atoms with Gasteiger partial charge < -0.3 is 9.47 Å². The van der Waals surface area contributed by atoms with Crippen LogP contribution in [0.2, 0.25) is 5.02 Å². The minimum atomic E-state index is -0.0781. The van der Waals surface area contributed by atoms with Gasteiger partial charge in [-0.15, -0.1) is 0 Å². The molecule has 0 N–H and O–H groups in total. The first kappa shape index (κ1) is 20.8. The summed E-state index contributed by atoms with van der Waals surface area (Å²) in [4.78, 5) is 15.3. The lowest BCUT2D eigenvalue weighted by atomic mass is 9.99. The number of ether oxygens (including phenoxy) is 2. The minimum absolute atomic E-state index is 0.0781. The Labute approximate surface area is 193 Å². The Morgan fingerprint density at radius 1 is 1.06 bits per heavy atom. The average molecular weight is 446 g/mol. The molecule has 0 saturated carbocycles. The monoisotopic (exact) mass is 445 g/mol. The Hall–Kier alpha value is -3.08. The van der Waals surface area contributed by atoms with Crippen LogP contribution in [0.1, 0.15) is 38.2 Å². The number of rotatable bonds is 4. The van der Waals surface area contributed by atoms with Gasteiger partial charge in [0, 0.05) is 29.2 Å². The standard InChI is InChI=1S/C27H24ClNO3/c1-17-4-3-5-20(12-17)13-24-25(30)23-14-21-15-29(11-10-19-6-8-22(28)9-7-19)16-31-26(21)18(2)27(23)32-24/h3-9,12-14H,10-11,15-16H2,1-2H3/b24-13-. The highest BCUT2D eigenvalue weighted by atomic mass is 35.5. The molecule has 0 amide bonds. The second kappa shape index (κ2) is 8.45. The predicted molar refractivity (Wildman–Crippen MR) is 126 cm³/mol. The van der Waals surface area contributed by atoms with E-state index in [1.165, 1.54) is 5.56 Å². The molecule has 0 spiro atoms. The van der Waals surface area contributed by atoms with Crippen LogP contribution in [0.4, 0.5) is 0 Å². The SMILES string of the molecule is Cc1cccc(/C=C2\Oc3c(cc4c(c3C)OCN(CCc3ccc(Cl)cc3)C4)C2=O)c1. The van der Waals surface area contributed by atoms with E-state index in [2.05, 4.69) is 17.0 Å². The molecule has 5 heteroatoms. The number of ketones is 1. The van der Waals surface area contributed by atoms with Gasteiger partial charge in [0.15, 0.2) is 5.76 Å². The van der Waals surface area contributed by atoms with Crippen LogP contribution in [0.5, 0.6) is 11.5 Å². The summed E-state index contributed by atoms with van der Waals surface area (Å²) in [6, 6.07) is 17.9. The van der Waals surface area contributed by atoms with E-state index in [1.807, 2.05) is 62.4 Å². The van der Waals surface area contributed by atoms with Crippen LogP contribution in [0, 0.1) is 13.8 Å². The van der Waals surface area contributed by atoms with Crippen molar-refractivity contribution in [2.75, 3.05) is 13.3 Å². The molecule has 0 aromatic heterocycles. The molecule has 0 fully saturated rings. The largest absolute Gasteiger partial charge is 0.477 e. The fraction of sp³-hybridized carbons (Fsp3) is 0.222. The lowest BCUT2D eigenvalue weighted by Crippen LogP contribution is -2.34. The Morgan fingerprint density at radius 3 is 2.66 bits per heavy atom. The van der Waals surface area contributed by atoms with E-state index in [0.717, 1.165) is 52.5 Å². The summed E-state index contributed by atoms with van der Waals surface area (Å²) < 4.78 is 12.1. The van der Waals surface area contributed by atoms with Crippen molar-refractivity contribution >= 4 is 23.5 Å². The molecule has 0 unspecified atom stereocenters. The lowest BCUT2D eigenvalue weighted by molar-refractivity contribution is 0.0954. The molecular weight excluding hydrogens is 422 g/mol. The first-order valence-corrected chi connectivity index (χ1v) is 11.1. The Kier molecular flexibility index (Phi) is 5.50. The molecule has 0 saturated heterocycles. The van der Waals surface area contributed by atoms with Crippen LogP contribution in [-0.2, 0) is 13.0 Å². The number of Topliss-reactive ketones (excluding diaryl/α,β-unsaturated/α-hetero) is 1. The van der Waals surface area contributed by atoms with Gasteiger partial charge in [-0.05, 0) is 55.7 Å². The highest BCUT2D eigenvalue weighted by Gasteiger charge is 2.33. The zero-order valence-corrected chi connectivity index (χ0v) is 18.9. The van der Waals surface area contributed by atoms with E-state index in [4.69, 9.17) is 21.1 Å². The molecule has 162 valence electrons. The molecule has 0 bridgehead atoms. The molecule has 2 heterocycles. The number of benzene rings is 3. The number of hydrogen-bond donors (Lipinski definition) is 0. The third-order valence-corrected chi connectivity index (χ3v) is 6.22. The second-order valence-electron chi connectivity index (χ2n) is 8.42. The van der Waals surface area contributed by atoms with Crippen molar-refractivity contribution in [3.63, 3.8) is 0 Å². The number of hydrogen-bond acceptors (Lipinski definition) is 4. The summed E-state index contributed by atoms with van der Waals surface area (Å²) >= 11 is 5.98. The molecule has 2 aliphatic heterocycles. The highest BCUT2D eigenvalue weighted by Crippen LogP contribution is 2.43. The smallest absolute Gasteiger partial charge is 0.231 e. The van der Waals surface area contributed by atoms with Gasteiger partial charge in [0.05, 0.1) is 5.56 Å². The minimum Gasteiger partial charge on any atom is -0.477 e. The third kappa shape index (κ3) is 4.04. The number of halogens is 1. The maximum absolute atomic E-state index is 13.1. The molecule has 3 aromatic rings.